The molecule has 3 aromatic rings. The van der Waals surface area contributed by atoms with Crippen molar-refractivity contribution in [2.75, 3.05) is 0 Å². The van der Waals surface area contributed by atoms with E-state index in [4.69, 9.17) is 35.4 Å². The predicted molar refractivity (Wildman–Crippen MR) is 99.2 cm³/mol. The number of nitrogens with one attached hydrogen (secondary N) is 2. The zero-order valence-corrected chi connectivity index (χ0v) is 14.4. The van der Waals surface area contributed by atoms with Crippen LogP contribution in [0.25, 0.3) is 11.3 Å². The molecule has 0 saturated heterocycles. The van der Waals surface area contributed by atoms with E-state index in [2.05, 4.69) is 20.2 Å². The highest BCUT2D eigenvalue weighted by Gasteiger charge is 2.10. The smallest absolute Gasteiger partial charge is 0.278 e. The van der Waals surface area contributed by atoms with Crippen LogP contribution in [0.15, 0.2) is 52.3 Å². The quantitative estimate of drug-likeness (QED) is 0.519. The first-order valence-corrected chi connectivity index (χ1v) is 7.99. The van der Waals surface area contributed by atoms with Crippen molar-refractivity contribution in [3.8, 4) is 11.3 Å². The summed E-state index contributed by atoms with van der Waals surface area (Å²) in [6.45, 7) is 0. The Morgan fingerprint density at radius 1 is 1.08 bits per heavy atom. The standard InChI is InChI=1S/C16H10Cl2N4OS/c17-11-5-3-6-12(18)10(11)8-19-13-7-2-1-4-9(13)14-15(23)20-16(24)22-21-14/h1-8H,(H2,20,22,23,24). The number of H-pyrrole nitrogens is 2. The van der Waals surface area contributed by atoms with Gasteiger partial charge in [-0.1, -0.05) is 47.5 Å². The number of benzene rings is 2. The molecule has 0 aliphatic heterocycles. The molecule has 5 nitrogen and oxygen atoms in total. The minimum absolute atomic E-state index is 0.160. The number of hydrogen-bond acceptors (Lipinski definition) is 4. The van der Waals surface area contributed by atoms with E-state index in [0.717, 1.165) is 0 Å². The lowest BCUT2D eigenvalue weighted by Gasteiger charge is -2.04. The molecule has 0 radical (unpaired) electrons. The van der Waals surface area contributed by atoms with Crippen molar-refractivity contribution >= 4 is 47.3 Å². The number of hydrogen-bond donors (Lipinski definition) is 2. The van der Waals surface area contributed by atoms with Gasteiger partial charge in [0.2, 0.25) is 0 Å². The van der Waals surface area contributed by atoms with E-state index in [1.807, 2.05) is 6.07 Å². The second-order valence-electron chi connectivity index (χ2n) is 4.77. The number of aromatic amines is 2. The van der Waals surface area contributed by atoms with E-state index < -0.39 is 5.56 Å². The van der Waals surface area contributed by atoms with Crippen molar-refractivity contribution < 1.29 is 0 Å². The molecule has 3 rings (SSSR count). The van der Waals surface area contributed by atoms with Crippen molar-refractivity contribution in [2.24, 2.45) is 4.99 Å². The Morgan fingerprint density at radius 3 is 2.50 bits per heavy atom. The van der Waals surface area contributed by atoms with E-state index >= 15 is 0 Å². The fourth-order valence-electron chi connectivity index (χ4n) is 2.08. The molecule has 0 unspecified atom stereocenters. The summed E-state index contributed by atoms with van der Waals surface area (Å²) in [5.74, 6) is 0. The van der Waals surface area contributed by atoms with Crippen LogP contribution < -0.4 is 5.56 Å². The molecule has 0 atom stereocenters. The van der Waals surface area contributed by atoms with Crippen molar-refractivity contribution in [2.45, 2.75) is 0 Å². The Bertz CT molecular complexity index is 1020. The average molecular weight is 377 g/mol. The number of aromatic nitrogens is 3. The maximum Gasteiger partial charge on any atom is 0.278 e. The van der Waals surface area contributed by atoms with Crippen molar-refractivity contribution in [3.63, 3.8) is 0 Å². The van der Waals surface area contributed by atoms with Crippen LogP contribution in [-0.4, -0.2) is 21.4 Å². The molecule has 120 valence electrons. The van der Waals surface area contributed by atoms with Gasteiger partial charge in [0.15, 0.2) is 10.5 Å². The Kier molecular flexibility index (Phi) is 4.89. The van der Waals surface area contributed by atoms with E-state index in [-0.39, 0.29) is 10.5 Å². The first-order valence-electron chi connectivity index (χ1n) is 6.83. The van der Waals surface area contributed by atoms with Crippen LogP contribution in [0.1, 0.15) is 5.56 Å². The predicted octanol–water partition coefficient (Wildman–Crippen LogP) is 4.55. The number of rotatable bonds is 3. The first kappa shape index (κ1) is 16.6. The minimum atomic E-state index is -0.392. The van der Waals surface area contributed by atoms with Crippen molar-refractivity contribution in [1.29, 1.82) is 0 Å². The third kappa shape index (κ3) is 3.46. The summed E-state index contributed by atoms with van der Waals surface area (Å²) >= 11 is 17.1. The number of halogens is 2. The lowest BCUT2D eigenvalue weighted by molar-refractivity contribution is 0.932. The summed E-state index contributed by atoms with van der Waals surface area (Å²) < 4.78 is 0.160. The van der Waals surface area contributed by atoms with Crippen LogP contribution >= 0.6 is 35.4 Å². The molecule has 1 heterocycles. The molecule has 0 saturated carbocycles. The van der Waals surface area contributed by atoms with Gasteiger partial charge in [0, 0.05) is 17.3 Å². The third-order valence-electron chi connectivity index (χ3n) is 3.20. The number of aliphatic imine (C=N–C) groups is 1. The summed E-state index contributed by atoms with van der Waals surface area (Å²) in [5, 5.41) is 7.55. The molecular formula is C16H10Cl2N4OS. The maximum atomic E-state index is 12.1. The van der Waals surface area contributed by atoms with Gasteiger partial charge < -0.3 is 0 Å². The molecule has 0 bridgehead atoms. The van der Waals surface area contributed by atoms with Crippen LogP contribution in [0.5, 0.6) is 0 Å². The molecule has 0 amide bonds. The molecule has 24 heavy (non-hydrogen) atoms. The van der Waals surface area contributed by atoms with Crippen molar-refractivity contribution in [1.82, 2.24) is 15.2 Å². The van der Waals surface area contributed by atoms with Gasteiger partial charge in [0.1, 0.15) is 0 Å². The summed E-state index contributed by atoms with van der Waals surface area (Å²) in [6, 6.07) is 12.3. The molecule has 1 aromatic heterocycles. The second kappa shape index (κ2) is 7.09. The van der Waals surface area contributed by atoms with Gasteiger partial charge in [-0.05, 0) is 30.4 Å². The maximum absolute atomic E-state index is 12.1. The van der Waals surface area contributed by atoms with Crippen LogP contribution in [0.4, 0.5) is 5.69 Å². The zero-order chi connectivity index (χ0) is 17.1. The summed E-state index contributed by atoms with van der Waals surface area (Å²) in [5.41, 5.74) is 1.52. The zero-order valence-electron chi connectivity index (χ0n) is 12.1. The summed E-state index contributed by atoms with van der Waals surface area (Å²) in [7, 11) is 0. The van der Waals surface area contributed by atoms with Gasteiger partial charge in [0.05, 0.1) is 15.7 Å². The highest BCUT2D eigenvalue weighted by atomic mass is 35.5. The van der Waals surface area contributed by atoms with Gasteiger partial charge in [0.25, 0.3) is 5.56 Å². The van der Waals surface area contributed by atoms with Crippen molar-refractivity contribution in [3.05, 3.63) is 73.2 Å². The molecule has 0 aliphatic rings. The fraction of sp³-hybridized carbons (Fsp3) is 0. The normalized spacial score (nSPS) is 11.1. The van der Waals surface area contributed by atoms with Gasteiger partial charge in [-0.25, -0.2) is 0 Å². The topological polar surface area (TPSA) is 73.9 Å². The van der Waals surface area contributed by atoms with Gasteiger partial charge in [-0.2, -0.15) is 5.10 Å². The van der Waals surface area contributed by atoms with E-state index in [1.165, 1.54) is 0 Å². The molecule has 2 aromatic carbocycles. The largest absolute Gasteiger partial charge is 0.296 e. The molecule has 2 N–H and O–H groups in total. The number of para-hydroxylation sites is 1. The van der Waals surface area contributed by atoms with E-state index in [9.17, 15) is 4.79 Å². The van der Waals surface area contributed by atoms with Gasteiger partial charge >= 0.3 is 0 Å². The lowest BCUT2D eigenvalue weighted by atomic mass is 10.1. The van der Waals surface area contributed by atoms with E-state index in [1.54, 1.807) is 42.6 Å². The fourth-order valence-corrected chi connectivity index (χ4v) is 2.72. The van der Waals surface area contributed by atoms with Crippen LogP contribution in [0, 0.1) is 4.77 Å². The second-order valence-corrected chi connectivity index (χ2v) is 5.99. The van der Waals surface area contributed by atoms with E-state index in [0.29, 0.717) is 26.9 Å². The summed E-state index contributed by atoms with van der Waals surface area (Å²) in [4.78, 5) is 19.0. The van der Waals surface area contributed by atoms with Crippen LogP contribution in [0.2, 0.25) is 10.0 Å². The Morgan fingerprint density at radius 2 is 1.79 bits per heavy atom. The van der Waals surface area contributed by atoms with Crippen LogP contribution in [0.3, 0.4) is 0 Å². The first-order chi connectivity index (χ1) is 11.6. The van der Waals surface area contributed by atoms with Gasteiger partial charge in [-0.15, -0.1) is 0 Å². The third-order valence-corrected chi connectivity index (χ3v) is 4.06. The Labute approximate surface area is 152 Å². The number of nitrogens with zero attached hydrogens (tertiary/aromatic N) is 2. The average Bonchev–Trinajstić information content (AvgIpc) is 2.55. The Hall–Kier alpha value is -2.28. The molecular weight excluding hydrogens is 367 g/mol. The monoisotopic (exact) mass is 376 g/mol. The molecule has 8 heteroatoms. The highest BCUT2D eigenvalue weighted by molar-refractivity contribution is 7.71. The SMILES string of the molecule is O=c1[nH]c(=S)[nH]nc1-c1ccccc1N=Cc1c(Cl)cccc1Cl. The highest BCUT2D eigenvalue weighted by Crippen LogP contribution is 2.28. The van der Waals surface area contributed by atoms with Crippen LogP contribution in [-0.2, 0) is 0 Å². The molecule has 0 fully saturated rings. The Balaban J connectivity index is 2.09. The lowest BCUT2D eigenvalue weighted by Crippen LogP contribution is -2.12. The summed E-state index contributed by atoms with van der Waals surface area (Å²) in [6.07, 6.45) is 1.56. The molecule has 0 aliphatic carbocycles. The van der Waals surface area contributed by atoms with Gasteiger partial charge in [-0.3, -0.25) is 19.9 Å². The minimum Gasteiger partial charge on any atom is -0.296 e. The molecule has 0 spiro atoms.